The van der Waals surface area contributed by atoms with Crippen LogP contribution >= 0.6 is 11.3 Å². The van der Waals surface area contributed by atoms with Crippen molar-refractivity contribution in [2.24, 2.45) is 0 Å². The Morgan fingerprint density at radius 1 is 1.19 bits per heavy atom. The molecule has 0 unspecified atom stereocenters. The molecule has 1 aromatic carbocycles. The number of anilines is 1. The second kappa shape index (κ2) is 8.83. The number of hydrogen-bond donors (Lipinski definition) is 1. The van der Waals surface area contributed by atoms with Gasteiger partial charge < -0.3 is 10.1 Å². The SMILES string of the molecule is C[C@H](OC(=O)c1cc2c(s1)CCCCCC2)C(=O)Nc1ccccc1C#N. The molecule has 6 heteroatoms. The van der Waals surface area contributed by atoms with E-state index in [0.29, 0.717) is 16.1 Å². The summed E-state index contributed by atoms with van der Waals surface area (Å²) in [4.78, 5) is 26.6. The molecule has 5 nitrogen and oxygen atoms in total. The van der Waals surface area contributed by atoms with Crippen molar-refractivity contribution in [2.45, 2.75) is 51.6 Å². The average molecular weight is 382 g/mol. The highest BCUT2D eigenvalue weighted by atomic mass is 32.1. The summed E-state index contributed by atoms with van der Waals surface area (Å²) >= 11 is 1.48. The third-order valence-corrected chi connectivity index (χ3v) is 5.87. The number of ether oxygens (including phenoxy) is 1. The first kappa shape index (κ1) is 19.1. The Morgan fingerprint density at radius 2 is 1.93 bits per heavy atom. The second-order valence-corrected chi connectivity index (χ2v) is 7.80. The van der Waals surface area contributed by atoms with Crippen molar-refractivity contribution >= 4 is 28.9 Å². The van der Waals surface area contributed by atoms with Gasteiger partial charge in [0.05, 0.1) is 11.3 Å². The number of carbonyl (C=O) groups is 2. The molecule has 2 aromatic rings. The summed E-state index contributed by atoms with van der Waals surface area (Å²) < 4.78 is 5.36. The van der Waals surface area contributed by atoms with Gasteiger partial charge in [-0.25, -0.2) is 4.79 Å². The highest BCUT2D eigenvalue weighted by molar-refractivity contribution is 7.14. The van der Waals surface area contributed by atoms with Gasteiger partial charge >= 0.3 is 5.97 Å². The molecule has 1 N–H and O–H groups in total. The lowest BCUT2D eigenvalue weighted by atomic mass is 10.00. The lowest BCUT2D eigenvalue weighted by molar-refractivity contribution is -0.123. The molecule has 140 valence electrons. The molecule has 27 heavy (non-hydrogen) atoms. The number of hydrogen-bond acceptors (Lipinski definition) is 5. The van der Waals surface area contributed by atoms with E-state index in [1.165, 1.54) is 41.5 Å². The van der Waals surface area contributed by atoms with Crippen molar-refractivity contribution < 1.29 is 14.3 Å². The predicted octanol–water partition coefficient (Wildman–Crippen LogP) is 4.46. The molecule has 0 saturated carbocycles. The Kier molecular flexibility index (Phi) is 6.25. The number of benzene rings is 1. The van der Waals surface area contributed by atoms with E-state index in [1.807, 2.05) is 12.1 Å². The van der Waals surface area contributed by atoms with Crippen LogP contribution in [0, 0.1) is 11.3 Å². The zero-order valence-electron chi connectivity index (χ0n) is 15.3. The lowest BCUT2D eigenvalue weighted by Crippen LogP contribution is -2.30. The van der Waals surface area contributed by atoms with Gasteiger partial charge in [0.15, 0.2) is 6.10 Å². The Morgan fingerprint density at radius 3 is 2.70 bits per heavy atom. The molecule has 1 amide bonds. The van der Waals surface area contributed by atoms with Crippen molar-refractivity contribution in [2.75, 3.05) is 5.32 Å². The molecule has 0 bridgehead atoms. The predicted molar refractivity (Wildman–Crippen MR) is 105 cm³/mol. The first-order valence-electron chi connectivity index (χ1n) is 9.21. The maximum absolute atomic E-state index is 12.5. The number of rotatable bonds is 4. The molecule has 1 atom stereocenters. The fourth-order valence-electron chi connectivity index (χ4n) is 3.14. The van der Waals surface area contributed by atoms with E-state index in [0.717, 1.165) is 25.7 Å². The molecule has 3 rings (SSSR count). The van der Waals surface area contributed by atoms with Gasteiger partial charge in [-0.15, -0.1) is 11.3 Å². The van der Waals surface area contributed by atoms with Crippen LogP contribution in [0.15, 0.2) is 30.3 Å². The van der Waals surface area contributed by atoms with Gasteiger partial charge in [-0.3, -0.25) is 4.79 Å². The number of fused-ring (bicyclic) bond motifs is 1. The Hall–Kier alpha value is -2.65. The first-order valence-corrected chi connectivity index (χ1v) is 10.0. The van der Waals surface area contributed by atoms with Crippen LogP contribution in [-0.4, -0.2) is 18.0 Å². The van der Waals surface area contributed by atoms with Crippen LogP contribution < -0.4 is 5.32 Å². The van der Waals surface area contributed by atoms with Gasteiger partial charge in [0.2, 0.25) is 0 Å². The highest BCUT2D eigenvalue weighted by Crippen LogP contribution is 2.29. The van der Waals surface area contributed by atoms with E-state index < -0.39 is 18.0 Å². The van der Waals surface area contributed by atoms with Crippen molar-refractivity contribution in [3.63, 3.8) is 0 Å². The third-order valence-electron chi connectivity index (χ3n) is 4.66. The fraction of sp³-hybridized carbons (Fsp3) is 0.381. The maximum atomic E-state index is 12.5. The van der Waals surface area contributed by atoms with Crippen LogP contribution in [0.3, 0.4) is 0 Å². The van der Waals surface area contributed by atoms with Crippen LogP contribution in [0.5, 0.6) is 0 Å². The zero-order chi connectivity index (χ0) is 19.2. The zero-order valence-corrected chi connectivity index (χ0v) is 16.1. The Bertz CT molecular complexity index is 856. The Labute approximate surface area is 163 Å². The van der Waals surface area contributed by atoms with Crippen LogP contribution in [0.4, 0.5) is 5.69 Å². The van der Waals surface area contributed by atoms with Crippen LogP contribution in [0.1, 0.15) is 58.3 Å². The number of para-hydroxylation sites is 1. The summed E-state index contributed by atoms with van der Waals surface area (Å²) in [6, 6.07) is 10.7. The number of carbonyl (C=O) groups excluding carboxylic acids is 2. The van der Waals surface area contributed by atoms with Gasteiger partial charge in [0.25, 0.3) is 5.91 Å². The molecule has 0 radical (unpaired) electrons. The largest absolute Gasteiger partial charge is 0.448 e. The summed E-state index contributed by atoms with van der Waals surface area (Å²) in [5.41, 5.74) is 2.01. The topological polar surface area (TPSA) is 79.2 Å². The van der Waals surface area contributed by atoms with E-state index in [4.69, 9.17) is 10.00 Å². The molecule has 0 saturated heterocycles. The summed E-state index contributed by atoms with van der Waals surface area (Å²) in [6.45, 7) is 1.53. The Balaban J connectivity index is 1.64. The standard InChI is InChI=1S/C21H22N2O3S/c1-14(20(24)23-17-10-7-6-9-16(17)13-22)26-21(25)19-12-15-8-4-2-3-5-11-18(15)27-19/h6-7,9-10,12,14H,2-5,8,11H2,1H3,(H,23,24)/t14-/m0/s1. The summed E-state index contributed by atoms with van der Waals surface area (Å²) in [7, 11) is 0. The number of nitrogens with zero attached hydrogens (tertiary/aromatic N) is 1. The van der Waals surface area contributed by atoms with Crippen LogP contribution in [0.2, 0.25) is 0 Å². The number of esters is 1. The molecule has 1 aliphatic rings. The highest BCUT2D eigenvalue weighted by Gasteiger charge is 2.22. The number of amides is 1. The molecular weight excluding hydrogens is 360 g/mol. The minimum atomic E-state index is -0.950. The second-order valence-electron chi connectivity index (χ2n) is 6.67. The molecular formula is C21H22N2O3S. The van der Waals surface area contributed by atoms with E-state index in [2.05, 4.69) is 5.32 Å². The van der Waals surface area contributed by atoms with E-state index >= 15 is 0 Å². The normalized spacial score (nSPS) is 14.8. The number of aryl methyl sites for hydroxylation is 2. The minimum Gasteiger partial charge on any atom is -0.448 e. The quantitative estimate of drug-likeness (QED) is 0.792. The first-order chi connectivity index (χ1) is 13.1. The molecule has 0 spiro atoms. The monoisotopic (exact) mass is 382 g/mol. The maximum Gasteiger partial charge on any atom is 0.349 e. The van der Waals surface area contributed by atoms with Gasteiger partial charge in [0, 0.05) is 4.88 Å². The summed E-state index contributed by atoms with van der Waals surface area (Å²) in [6.07, 6.45) is 5.83. The number of thiophene rings is 1. The summed E-state index contributed by atoms with van der Waals surface area (Å²) in [5.74, 6) is -0.927. The van der Waals surface area contributed by atoms with Crippen molar-refractivity contribution in [3.8, 4) is 6.07 Å². The van der Waals surface area contributed by atoms with Crippen molar-refractivity contribution in [1.82, 2.24) is 0 Å². The third kappa shape index (κ3) is 4.75. The molecule has 0 aliphatic heterocycles. The summed E-state index contributed by atoms with van der Waals surface area (Å²) in [5, 5.41) is 11.7. The van der Waals surface area contributed by atoms with E-state index in [1.54, 1.807) is 24.3 Å². The van der Waals surface area contributed by atoms with Crippen LogP contribution in [-0.2, 0) is 22.4 Å². The van der Waals surface area contributed by atoms with Crippen molar-refractivity contribution in [1.29, 1.82) is 5.26 Å². The van der Waals surface area contributed by atoms with Gasteiger partial charge in [-0.2, -0.15) is 5.26 Å². The fourth-order valence-corrected chi connectivity index (χ4v) is 4.28. The van der Waals surface area contributed by atoms with E-state index in [-0.39, 0.29) is 0 Å². The lowest BCUT2D eigenvalue weighted by Gasteiger charge is -2.13. The minimum absolute atomic E-state index is 0.363. The van der Waals surface area contributed by atoms with Gasteiger partial charge in [-0.05, 0) is 56.4 Å². The van der Waals surface area contributed by atoms with Crippen molar-refractivity contribution in [3.05, 3.63) is 51.2 Å². The van der Waals surface area contributed by atoms with Gasteiger partial charge in [0.1, 0.15) is 10.9 Å². The average Bonchev–Trinajstić information content (AvgIpc) is 3.04. The number of nitrogens with one attached hydrogen (secondary N) is 1. The molecule has 0 fully saturated rings. The van der Waals surface area contributed by atoms with Gasteiger partial charge in [-0.1, -0.05) is 25.0 Å². The molecule has 1 aromatic heterocycles. The van der Waals surface area contributed by atoms with Crippen LogP contribution in [0.25, 0.3) is 0 Å². The van der Waals surface area contributed by atoms with E-state index in [9.17, 15) is 9.59 Å². The molecule has 1 aliphatic carbocycles. The number of nitriles is 1. The molecule has 1 heterocycles. The smallest absolute Gasteiger partial charge is 0.349 e.